The van der Waals surface area contributed by atoms with Gasteiger partial charge in [0.05, 0.1) is 11.7 Å². The highest BCUT2D eigenvalue weighted by Crippen LogP contribution is 2.31. The van der Waals surface area contributed by atoms with Crippen LogP contribution in [-0.2, 0) is 15.9 Å². The van der Waals surface area contributed by atoms with Crippen molar-refractivity contribution in [2.75, 3.05) is 20.3 Å². The molecule has 1 heterocycles. The average Bonchev–Trinajstić information content (AvgIpc) is 2.43. The molecule has 1 N–H and O–H groups in total. The number of halogens is 2. The maximum Gasteiger partial charge on any atom is 0.129 e. The summed E-state index contributed by atoms with van der Waals surface area (Å²) >= 11 is 0. The summed E-state index contributed by atoms with van der Waals surface area (Å²) in [5.41, 5.74) is -0.884. The van der Waals surface area contributed by atoms with Crippen LogP contribution in [0.1, 0.15) is 18.4 Å². The van der Waals surface area contributed by atoms with E-state index in [4.69, 9.17) is 9.47 Å². The third kappa shape index (κ3) is 2.94. The summed E-state index contributed by atoms with van der Waals surface area (Å²) in [6, 6.07) is 3.68. The van der Waals surface area contributed by atoms with E-state index < -0.39 is 23.3 Å². The van der Waals surface area contributed by atoms with E-state index in [0.717, 1.165) is 0 Å². The number of hydrogen-bond acceptors (Lipinski definition) is 3. The Morgan fingerprint density at radius 3 is 2.42 bits per heavy atom. The average molecular weight is 272 g/mol. The van der Waals surface area contributed by atoms with Gasteiger partial charge in [-0.3, -0.25) is 0 Å². The SMILES string of the molecule is COC1(C(O)Cc2c(F)cccc2F)CCOCC1. The van der Waals surface area contributed by atoms with E-state index in [1.54, 1.807) is 0 Å². The highest BCUT2D eigenvalue weighted by Gasteiger charge is 2.40. The zero-order valence-corrected chi connectivity index (χ0v) is 10.9. The van der Waals surface area contributed by atoms with E-state index in [1.807, 2.05) is 0 Å². The second kappa shape index (κ2) is 5.94. The highest BCUT2D eigenvalue weighted by atomic mass is 19.1. The van der Waals surface area contributed by atoms with Crippen molar-refractivity contribution in [3.05, 3.63) is 35.4 Å². The number of aliphatic hydroxyl groups excluding tert-OH is 1. The van der Waals surface area contributed by atoms with Crippen molar-refractivity contribution in [1.29, 1.82) is 0 Å². The van der Waals surface area contributed by atoms with Crippen LogP contribution >= 0.6 is 0 Å². The van der Waals surface area contributed by atoms with Crippen LogP contribution in [-0.4, -0.2) is 37.1 Å². The molecule has 0 aliphatic carbocycles. The fourth-order valence-corrected chi connectivity index (χ4v) is 2.50. The standard InChI is InChI=1S/C14H18F2O3/c1-18-14(5-7-19-8-6-14)13(17)9-10-11(15)3-2-4-12(10)16/h2-4,13,17H,5-9H2,1H3. The van der Waals surface area contributed by atoms with Gasteiger partial charge in [-0.05, 0) is 12.1 Å². The predicted molar refractivity (Wildman–Crippen MR) is 65.9 cm³/mol. The molecule has 19 heavy (non-hydrogen) atoms. The van der Waals surface area contributed by atoms with Crippen LogP contribution in [0, 0.1) is 11.6 Å². The van der Waals surface area contributed by atoms with E-state index in [0.29, 0.717) is 26.1 Å². The topological polar surface area (TPSA) is 38.7 Å². The molecule has 5 heteroatoms. The van der Waals surface area contributed by atoms with Crippen LogP contribution in [0.3, 0.4) is 0 Å². The molecule has 0 amide bonds. The molecule has 1 atom stereocenters. The highest BCUT2D eigenvalue weighted by molar-refractivity contribution is 5.21. The second-order valence-electron chi connectivity index (χ2n) is 4.80. The smallest absolute Gasteiger partial charge is 0.129 e. The van der Waals surface area contributed by atoms with Crippen molar-refractivity contribution in [3.63, 3.8) is 0 Å². The van der Waals surface area contributed by atoms with E-state index in [9.17, 15) is 13.9 Å². The fourth-order valence-electron chi connectivity index (χ4n) is 2.50. The number of aliphatic hydroxyl groups is 1. The molecular weight excluding hydrogens is 254 g/mol. The minimum Gasteiger partial charge on any atom is -0.390 e. The van der Waals surface area contributed by atoms with Gasteiger partial charge in [0.1, 0.15) is 11.6 Å². The third-order valence-corrected chi connectivity index (χ3v) is 3.81. The molecule has 1 aliphatic heterocycles. The molecule has 1 saturated heterocycles. The molecule has 1 unspecified atom stereocenters. The maximum absolute atomic E-state index is 13.6. The Hall–Kier alpha value is -1.04. The Kier molecular flexibility index (Phi) is 4.50. The Bertz CT molecular complexity index is 410. The fraction of sp³-hybridized carbons (Fsp3) is 0.571. The third-order valence-electron chi connectivity index (χ3n) is 3.81. The van der Waals surface area contributed by atoms with Crippen LogP contribution < -0.4 is 0 Å². The molecule has 1 aromatic carbocycles. The van der Waals surface area contributed by atoms with Crippen molar-refractivity contribution < 1.29 is 23.4 Å². The van der Waals surface area contributed by atoms with Crippen LogP contribution in [0.2, 0.25) is 0 Å². The van der Waals surface area contributed by atoms with E-state index in [1.165, 1.54) is 25.3 Å². The van der Waals surface area contributed by atoms with Crippen LogP contribution in [0.25, 0.3) is 0 Å². The van der Waals surface area contributed by atoms with Gasteiger partial charge in [0.2, 0.25) is 0 Å². The van der Waals surface area contributed by atoms with Gasteiger partial charge in [0, 0.05) is 45.1 Å². The van der Waals surface area contributed by atoms with E-state index in [2.05, 4.69) is 0 Å². The van der Waals surface area contributed by atoms with Gasteiger partial charge in [0.15, 0.2) is 0 Å². The van der Waals surface area contributed by atoms with Gasteiger partial charge >= 0.3 is 0 Å². The Balaban J connectivity index is 2.17. The Morgan fingerprint density at radius 1 is 1.32 bits per heavy atom. The summed E-state index contributed by atoms with van der Waals surface area (Å²) < 4.78 is 37.8. The normalized spacial score (nSPS) is 20.2. The maximum atomic E-state index is 13.6. The summed E-state index contributed by atoms with van der Waals surface area (Å²) in [4.78, 5) is 0. The molecule has 0 spiro atoms. The molecule has 0 aromatic heterocycles. The summed E-state index contributed by atoms with van der Waals surface area (Å²) in [6.45, 7) is 0.954. The molecule has 1 aromatic rings. The largest absolute Gasteiger partial charge is 0.390 e. The first-order valence-electron chi connectivity index (χ1n) is 6.33. The minimum absolute atomic E-state index is 0.0992. The van der Waals surface area contributed by atoms with Crippen LogP contribution in [0.5, 0.6) is 0 Å². The molecular formula is C14H18F2O3. The Labute approximate surface area is 111 Å². The lowest BCUT2D eigenvalue weighted by Gasteiger charge is -2.39. The van der Waals surface area contributed by atoms with E-state index in [-0.39, 0.29) is 12.0 Å². The van der Waals surface area contributed by atoms with Crippen LogP contribution in [0.4, 0.5) is 8.78 Å². The quantitative estimate of drug-likeness (QED) is 0.912. The number of benzene rings is 1. The van der Waals surface area contributed by atoms with Crippen molar-refractivity contribution in [2.24, 2.45) is 0 Å². The van der Waals surface area contributed by atoms with Gasteiger partial charge in [-0.15, -0.1) is 0 Å². The zero-order valence-electron chi connectivity index (χ0n) is 10.9. The number of ether oxygens (including phenoxy) is 2. The van der Waals surface area contributed by atoms with E-state index >= 15 is 0 Å². The number of rotatable bonds is 4. The van der Waals surface area contributed by atoms with Crippen molar-refractivity contribution in [3.8, 4) is 0 Å². The lowest BCUT2D eigenvalue weighted by molar-refractivity contribution is -0.151. The lowest BCUT2D eigenvalue weighted by Crippen LogP contribution is -2.49. The van der Waals surface area contributed by atoms with Gasteiger partial charge in [0.25, 0.3) is 0 Å². The minimum atomic E-state index is -0.965. The number of methoxy groups -OCH3 is 1. The summed E-state index contributed by atoms with van der Waals surface area (Å²) in [7, 11) is 1.51. The van der Waals surface area contributed by atoms with Gasteiger partial charge in [-0.25, -0.2) is 8.78 Å². The summed E-state index contributed by atoms with van der Waals surface area (Å²) in [6.07, 6.45) is -0.0406. The molecule has 0 saturated carbocycles. The first-order valence-corrected chi connectivity index (χ1v) is 6.33. The monoisotopic (exact) mass is 272 g/mol. The first-order chi connectivity index (χ1) is 9.09. The van der Waals surface area contributed by atoms with Gasteiger partial charge in [-0.1, -0.05) is 6.07 Å². The van der Waals surface area contributed by atoms with Crippen molar-refractivity contribution >= 4 is 0 Å². The van der Waals surface area contributed by atoms with Crippen molar-refractivity contribution in [2.45, 2.75) is 31.0 Å². The summed E-state index contributed by atoms with van der Waals surface area (Å²) in [5.74, 6) is -1.28. The van der Waals surface area contributed by atoms with Gasteiger partial charge in [-0.2, -0.15) is 0 Å². The molecule has 2 rings (SSSR count). The van der Waals surface area contributed by atoms with Crippen molar-refractivity contribution in [1.82, 2.24) is 0 Å². The molecule has 1 fully saturated rings. The van der Waals surface area contributed by atoms with Gasteiger partial charge < -0.3 is 14.6 Å². The molecule has 1 aliphatic rings. The summed E-state index contributed by atoms with van der Waals surface area (Å²) in [5, 5.41) is 10.3. The second-order valence-corrected chi connectivity index (χ2v) is 4.80. The molecule has 106 valence electrons. The zero-order chi connectivity index (χ0) is 13.9. The number of hydrogen-bond donors (Lipinski definition) is 1. The lowest BCUT2D eigenvalue weighted by atomic mass is 9.84. The predicted octanol–water partition coefficient (Wildman–Crippen LogP) is 2.06. The molecule has 3 nitrogen and oxygen atoms in total. The van der Waals surface area contributed by atoms with Crippen LogP contribution in [0.15, 0.2) is 18.2 Å². The molecule has 0 bridgehead atoms. The molecule has 0 radical (unpaired) electrons. The first kappa shape index (κ1) is 14.4. The Morgan fingerprint density at radius 2 is 1.89 bits per heavy atom.